The first-order valence-corrected chi connectivity index (χ1v) is 6.07. The van der Waals surface area contributed by atoms with E-state index < -0.39 is 12.6 Å². The van der Waals surface area contributed by atoms with E-state index in [0.29, 0.717) is 17.2 Å². The van der Waals surface area contributed by atoms with Crippen LogP contribution in [-0.2, 0) is 6.54 Å². The molecule has 2 N–H and O–H groups in total. The van der Waals surface area contributed by atoms with Crippen molar-refractivity contribution in [2.24, 2.45) is 0 Å². The third-order valence-corrected chi connectivity index (χ3v) is 2.75. The molecule has 0 bridgehead atoms. The number of halogens is 2. The highest BCUT2D eigenvalue weighted by Crippen LogP contribution is 2.19. The van der Waals surface area contributed by atoms with Crippen molar-refractivity contribution in [1.29, 1.82) is 0 Å². The van der Waals surface area contributed by atoms with Gasteiger partial charge in [-0.25, -0.2) is 4.79 Å². The van der Waals surface area contributed by atoms with Gasteiger partial charge in [0.25, 0.3) is 0 Å². The van der Waals surface area contributed by atoms with E-state index in [1.54, 1.807) is 19.1 Å². The maximum Gasteiger partial charge on any atom is 0.387 e. The van der Waals surface area contributed by atoms with Crippen LogP contribution in [0.15, 0.2) is 34.7 Å². The van der Waals surface area contributed by atoms with E-state index in [2.05, 4.69) is 10.1 Å². The fourth-order valence-electron chi connectivity index (χ4n) is 1.79. The normalized spacial score (nSPS) is 10.7. The minimum absolute atomic E-state index is 0.0672. The summed E-state index contributed by atoms with van der Waals surface area (Å²) in [7, 11) is 0. The van der Waals surface area contributed by atoms with Gasteiger partial charge in [0, 0.05) is 5.69 Å². The topological polar surface area (TPSA) is 71.7 Å². The Morgan fingerprint density at radius 3 is 2.57 bits per heavy atom. The molecule has 0 unspecified atom stereocenters. The van der Waals surface area contributed by atoms with Gasteiger partial charge in [0.05, 0.1) is 6.54 Å². The molecule has 2 aromatic rings. The van der Waals surface area contributed by atoms with Gasteiger partial charge in [0.2, 0.25) is 0 Å². The van der Waals surface area contributed by atoms with E-state index in [1.807, 2.05) is 0 Å². The zero-order chi connectivity index (χ0) is 15.4. The molecule has 0 aliphatic rings. The Hall–Kier alpha value is -2.57. The Morgan fingerprint density at radius 1 is 1.38 bits per heavy atom. The molecule has 0 atom stereocenters. The monoisotopic (exact) mass is 297 g/mol. The van der Waals surface area contributed by atoms with Gasteiger partial charge in [-0.1, -0.05) is 0 Å². The zero-order valence-electron chi connectivity index (χ0n) is 11.1. The van der Waals surface area contributed by atoms with E-state index in [1.165, 1.54) is 18.2 Å². The van der Waals surface area contributed by atoms with E-state index in [-0.39, 0.29) is 17.9 Å². The highest BCUT2D eigenvalue weighted by atomic mass is 19.3. The molecule has 7 heteroatoms. The number of aromatic carboxylic acids is 1. The highest BCUT2D eigenvalue weighted by Gasteiger charge is 2.13. The van der Waals surface area contributed by atoms with Crippen LogP contribution in [-0.4, -0.2) is 17.7 Å². The molecule has 0 radical (unpaired) electrons. The lowest BCUT2D eigenvalue weighted by molar-refractivity contribution is -0.0498. The Kier molecular flexibility index (Phi) is 4.42. The number of hydrogen-bond acceptors (Lipinski definition) is 4. The fourth-order valence-corrected chi connectivity index (χ4v) is 1.79. The molecule has 1 aromatic heterocycles. The number of benzene rings is 1. The van der Waals surface area contributed by atoms with Gasteiger partial charge < -0.3 is 19.6 Å². The minimum atomic E-state index is -2.86. The molecule has 0 aliphatic heterocycles. The number of alkyl halides is 2. The predicted molar refractivity (Wildman–Crippen MR) is 70.8 cm³/mol. The first-order chi connectivity index (χ1) is 9.95. The molecule has 21 heavy (non-hydrogen) atoms. The molecule has 0 saturated heterocycles. The first-order valence-electron chi connectivity index (χ1n) is 6.07. The van der Waals surface area contributed by atoms with Crippen LogP contribution in [0.5, 0.6) is 5.75 Å². The lowest BCUT2D eigenvalue weighted by atomic mass is 10.2. The number of carboxylic acids is 1. The first kappa shape index (κ1) is 14.8. The van der Waals surface area contributed by atoms with Crippen LogP contribution in [0, 0.1) is 6.92 Å². The third-order valence-electron chi connectivity index (χ3n) is 2.75. The van der Waals surface area contributed by atoms with Gasteiger partial charge in [-0.2, -0.15) is 8.78 Å². The maximum atomic E-state index is 12.0. The van der Waals surface area contributed by atoms with Crippen LogP contribution >= 0.6 is 0 Å². The summed E-state index contributed by atoms with van der Waals surface area (Å²) in [6.45, 7) is -1.00. The summed E-state index contributed by atoms with van der Waals surface area (Å²) < 4.78 is 33.5. The van der Waals surface area contributed by atoms with E-state index >= 15 is 0 Å². The Balaban J connectivity index is 1.96. The van der Waals surface area contributed by atoms with Gasteiger partial charge in [-0.05, 0) is 37.3 Å². The number of furan rings is 1. The molecular weight excluding hydrogens is 284 g/mol. The maximum absolute atomic E-state index is 12.0. The van der Waals surface area contributed by atoms with Crippen LogP contribution < -0.4 is 10.1 Å². The van der Waals surface area contributed by atoms with Crippen molar-refractivity contribution >= 4 is 11.7 Å². The SMILES string of the molecule is Cc1oc(CNc2ccc(OC(F)F)cc2)cc1C(=O)O. The Labute approximate surface area is 119 Å². The standard InChI is InChI=1S/C14H13F2NO4/c1-8-12(13(18)19)6-11(20-8)7-17-9-2-4-10(5-3-9)21-14(15)16/h2-6,14,17H,7H2,1H3,(H,18,19). The fraction of sp³-hybridized carbons (Fsp3) is 0.214. The van der Waals surface area contributed by atoms with Crippen molar-refractivity contribution in [3.8, 4) is 5.75 Å². The molecule has 112 valence electrons. The minimum Gasteiger partial charge on any atom is -0.478 e. The average Bonchev–Trinajstić information content (AvgIpc) is 2.79. The molecule has 2 rings (SSSR count). The lowest BCUT2D eigenvalue weighted by Gasteiger charge is -2.07. The lowest BCUT2D eigenvalue weighted by Crippen LogP contribution is -2.02. The van der Waals surface area contributed by atoms with Crippen LogP contribution in [0.25, 0.3) is 0 Å². The molecule has 0 spiro atoms. The highest BCUT2D eigenvalue weighted by molar-refractivity contribution is 5.88. The van der Waals surface area contributed by atoms with Crippen LogP contribution in [0.4, 0.5) is 14.5 Å². The van der Waals surface area contributed by atoms with Gasteiger partial charge in [-0.3, -0.25) is 0 Å². The molecule has 0 fully saturated rings. The van der Waals surface area contributed by atoms with Gasteiger partial charge in [-0.15, -0.1) is 0 Å². The second kappa shape index (κ2) is 6.25. The summed E-state index contributed by atoms with van der Waals surface area (Å²) in [4.78, 5) is 10.9. The van der Waals surface area contributed by atoms with E-state index in [0.717, 1.165) is 0 Å². The number of rotatable bonds is 6. The van der Waals surface area contributed by atoms with Crippen molar-refractivity contribution in [2.75, 3.05) is 5.32 Å². The van der Waals surface area contributed by atoms with Gasteiger partial charge >= 0.3 is 12.6 Å². The third kappa shape index (κ3) is 3.95. The molecule has 5 nitrogen and oxygen atoms in total. The molecule has 0 saturated carbocycles. The average molecular weight is 297 g/mol. The van der Waals surface area contributed by atoms with Crippen molar-refractivity contribution in [3.05, 3.63) is 47.4 Å². The van der Waals surface area contributed by atoms with Gasteiger partial charge in [0.15, 0.2) is 0 Å². The van der Waals surface area contributed by atoms with Crippen molar-refractivity contribution in [2.45, 2.75) is 20.1 Å². The number of carboxylic acid groups (broad SMARTS) is 1. The van der Waals surface area contributed by atoms with E-state index in [4.69, 9.17) is 9.52 Å². The molecular formula is C14H13F2NO4. The van der Waals surface area contributed by atoms with Crippen molar-refractivity contribution < 1.29 is 27.8 Å². The second-order valence-electron chi connectivity index (χ2n) is 4.24. The summed E-state index contributed by atoms with van der Waals surface area (Å²) in [6, 6.07) is 7.41. The van der Waals surface area contributed by atoms with Crippen molar-refractivity contribution in [3.63, 3.8) is 0 Å². The number of carbonyl (C=O) groups is 1. The number of ether oxygens (including phenoxy) is 1. The summed E-state index contributed by atoms with van der Waals surface area (Å²) in [5.41, 5.74) is 0.787. The largest absolute Gasteiger partial charge is 0.478 e. The molecule has 1 aromatic carbocycles. The zero-order valence-corrected chi connectivity index (χ0v) is 11.1. The molecule has 1 heterocycles. The number of aryl methyl sites for hydroxylation is 1. The van der Waals surface area contributed by atoms with Crippen LogP contribution in [0.1, 0.15) is 21.9 Å². The smallest absolute Gasteiger partial charge is 0.387 e. The number of anilines is 1. The predicted octanol–water partition coefficient (Wildman–Crippen LogP) is 3.50. The Morgan fingerprint density at radius 2 is 2.05 bits per heavy atom. The molecule has 0 amide bonds. The summed E-state index contributed by atoms with van der Waals surface area (Å²) in [6.07, 6.45) is 0. The Bertz CT molecular complexity index is 622. The number of nitrogens with one attached hydrogen (secondary N) is 1. The summed E-state index contributed by atoms with van der Waals surface area (Å²) >= 11 is 0. The second-order valence-corrected chi connectivity index (χ2v) is 4.24. The number of hydrogen-bond donors (Lipinski definition) is 2. The van der Waals surface area contributed by atoms with Gasteiger partial charge in [0.1, 0.15) is 22.8 Å². The summed E-state index contributed by atoms with van der Waals surface area (Å²) in [5.74, 6) is -0.175. The van der Waals surface area contributed by atoms with E-state index in [9.17, 15) is 13.6 Å². The molecule has 0 aliphatic carbocycles. The quantitative estimate of drug-likeness (QED) is 0.853. The summed E-state index contributed by atoms with van der Waals surface area (Å²) in [5, 5.41) is 11.9. The van der Waals surface area contributed by atoms with Crippen molar-refractivity contribution in [1.82, 2.24) is 0 Å². The van der Waals surface area contributed by atoms with Crippen LogP contribution in [0.2, 0.25) is 0 Å². The van der Waals surface area contributed by atoms with Crippen LogP contribution in [0.3, 0.4) is 0 Å².